The number of aryl methyl sites for hydroxylation is 3. The standard InChI is InChI=1S/C31H35N5O4/c1-19-15-32-35(16-19)18-22-7-8-23(5-4-6-29(37)38)27(13-22)34-30(39)21(3)36-17-20(2)26-12-9-24(14-28(26)36)31(40)33-25-10-11-25/h7-9,12-17,21,25H,4-6,10-11,18H2,1-3H3,(H,33,40)(H,34,39)(H,37,38). The number of anilines is 1. The van der Waals surface area contributed by atoms with Crippen LogP contribution in [0, 0.1) is 13.8 Å². The van der Waals surface area contributed by atoms with Crippen molar-refractivity contribution in [3.63, 3.8) is 0 Å². The SMILES string of the molecule is Cc1cnn(Cc2ccc(CCCC(=O)O)c(NC(=O)C(C)n3cc(C)c4ccc(C(=O)NC5CC5)cc43)c2)c1. The minimum absolute atomic E-state index is 0.0589. The third kappa shape index (κ3) is 6.25. The fourth-order valence-corrected chi connectivity index (χ4v) is 4.97. The summed E-state index contributed by atoms with van der Waals surface area (Å²) in [6.45, 7) is 6.37. The number of amides is 2. The molecule has 2 aromatic heterocycles. The van der Waals surface area contributed by atoms with Crippen LogP contribution in [0.4, 0.5) is 5.69 Å². The summed E-state index contributed by atoms with van der Waals surface area (Å²) in [5.41, 5.74) is 6.02. The molecule has 40 heavy (non-hydrogen) atoms. The number of nitrogens with one attached hydrogen (secondary N) is 2. The predicted octanol–water partition coefficient (Wildman–Crippen LogP) is 5.00. The van der Waals surface area contributed by atoms with Crippen LogP contribution in [0.3, 0.4) is 0 Å². The smallest absolute Gasteiger partial charge is 0.303 e. The maximum Gasteiger partial charge on any atom is 0.303 e. The van der Waals surface area contributed by atoms with Crippen LogP contribution < -0.4 is 10.6 Å². The molecule has 0 spiro atoms. The second kappa shape index (κ2) is 11.4. The Morgan fingerprint density at radius 1 is 1.10 bits per heavy atom. The van der Waals surface area contributed by atoms with Gasteiger partial charge < -0.3 is 20.3 Å². The Hall–Kier alpha value is -4.40. The number of hydrogen-bond donors (Lipinski definition) is 3. The van der Waals surface area contributed by atoms with Gasteiger partial charge in [0.05, 0.1) is 12.7 Å². The lowest BCUT2D eigenvalue weighted by atomic mass is 10.0. The van der Waals surface area contributed by atoms with Gasteiger partial charge in [-0.25, -0.2) is 0 Å². The highest BCUT2D eigenvalue weighted by atomic mass is 16.4. The van der Waals surface area contributed by atoms with Gasteiger partial charge in [0.2, 0.25) is 5.91 Å². The van der Waals surface area contributed by atoms with Gasteiger partial charge in [0.15, 0.2) is 0 Å². The second-order valence-electron chi connectivity index (χ2n) is 10.8. The summed E-state index contributed by atoms with van der Waals surface area (Å²) >= 11 is 0. The molecule has 5 rings (SSSR count). The molecule has 1 aliphatic rings. The van der Waals surface area contributed by atoms with E-state index in [1.807, 2.05) is 78.8 Å². The van der Waals surface area contributed by atoms with Crippen molar-refractivity contribution >= 4 is 34.4 Å². The molecular formula is C31H35N5O4. The van der Waals surface area contributed by atoms with E-state index in [2.05, 4.69) is 15.7 Å². The summed E-state index contributed by atoms with van der Waals surface area (Å²) in [6, 6.07) is 11.2. The van der Waals surface area contributed by atoms with Crippen molar-refractivity contribution in [3.8, 4) is 0 Å². The minimum Gasteiger partial charge on any atom is -0.481 e. The van der Waals surface area contributed by atoms with Gasteiger partial charge in [-0.2, -0.15) is 5.10 Å². The van der Waals surface area contributed by atoms with Crippen LogP contribution in [-0.2, 0) is 22.6 Å². The normalized spacial score (nSPS) is 13.8. The van der Waals surface area contributed by atoms with Gasteiger partial charge in [0, 0.05) is 47.0 Å². The van der Waals surface area contributed by atoms with Crippen molar-refractivity contribution < 1.29 is 19.5 Å². The number of benzene rings is 2. The molecule has 9 nitrogen and oxygen atoms in total. The molecule has 2 amide bonds. The third-order valence-electron chi connectivity index (χ3n) is 7.38. The molecular weight excluding hydrogens is 506 g/mol. The lowest BCUT2D eigenvalue weighted by Gasteiger charge is -2.18. The molecule has 3 N–H and O–H groups in total. The molecule has 2 aromatic carbocycles. The Morgan fingerprint density at radius 3 is 2.60 bits per heavy atom. The first-order chi connectivity index (χ1) is 19.2. The largest absolute Gasteiger partial charge is 0.481 e. The molecule has 1 aliphatic carbocycles. The van der Waals surface area contributed by atoms with Crippen LogP contribution in [-0.4, -0.2) is 43.3 Å². The van der Waals surface area contributed by atoms with Crippen LogP contribution >= 0.6 is 0 Å². The van der Waals surface area contributed by atoms with Gasteiger partial charge in [-0.1, -0.05) is 18.2 Å². The van der Waals surface area contributed by atoms with Crippen molar-refractivity contribution in [2.24, 2.45) is 0 Å². The van der Waals surface area contributed by atoms with E-state index in [4.69, 9.17) is 5.11 Å². The molecule has 1 unspecified atom stereocenters. The Morgan fingerprint density at radius 2 is 1.90 bits per heavy atom. The Balaban J connectivity index is 1.40. The number of fused-ring (bicyclic) bond motifs is 1. The molecule has 208 valence electrons. The van der Waals surface area contributed by atoms with Gasteiger partial charge in [-0.05, 0) is 86.9 Å². The lowest BCUT2D eigenvalue weighted by molar-refractivity contribution is -0.137. The van der Waals surface area contributed by atoms with E-state index < -0.39 is 12.0 Å². The van der Waals surface area contributed by atoms with Gasteiger partial charge in [-0.15, -0.1) is 0 Å². The number of rotatable bonds is 11. The molecule has 9 heteroatoms. The number of nitrogens with zero attached hydrogens (tertiary/aromatic N) is 3. The van der Waals surface area contributed by atoms with Crippen LogP contribution in [0.2, 0.25) is 0 Å². The number of aromatic nitrogens is 3. The molecule has 0 saturated heterocycles. The monoisotopic (exact) mass is 541 g/mol. The number of carboxylic acid groups (broad SMARTS) is 1. The van der Waals surface area contributed by atoms with Gasteiger partial charge in [0.1, 0.15) is 6.04 Å². The van der Waals surface area contributed by atoms with E-state index in [-0.39, 0.29) is 24.3 Å². The first-order valence-electron chi connectivity index (χ1n) is 13.7. The molecule has 1 fully saturated rings. The van der Waals surface area contributed by atoms with E-state index in [9.17, 15) is 14.4 Å². The highest BCUT2D eigenvalue weighted by Gasteiger charge is 2.25. The van der Waals surface area contributed by atoms with Crippen molar-refractivity contribution in [3.05, 3.63) is 82.8 Å². The molecule has 4 aromatic rings. The summed E-state index contributed by atoms with van der Waals surface area (Å²) in [4.78, 5) is 37.4. The fourth-order valence-electron chi connectivity index (χ4n) is 4.97. The van der Waals surface area contributed by atoms with E-state index in [0.717, 1.165) is 46.0 Å². The summed E-state index contributed by atoms with van der Waals surface area (Å²) in [5, 5.41) is 20.6. The van der Waals surface area contributed by atoms with Gasteiger partial charge in [-0.3, -0.25) is 19.1 Å². The zero-order valence-corrected chi connectivity index (χ0v) is 23.1. The number of carboxylic acids is 1. The van der Waals surface area contributed by atoms with Crippen LogP contribution in [0.25, 0.3) is 10.9 Å². The van der Waals surface area contributed by atoms with Crippen molar-refractivity contribution in [2.75, 3.05) is 5.32 Å². The van der Waals surface area contributed by atoms with Crippen LogP contribution in [0.5, 0.6) is 0 Å². The zero-order valence-electron chi connectivity index (χ0n) is 23.1. The fraction of sp³-hybridized carbons (Fsp3) is 0.355. The molecule has 1 saturated carbocycles. The van der Waals surface area contributed by atoms with Crippen LogP contribution in [0.1, 0.15) is 71.3 Å². The third-order valence-corrected chi connectivity index (χ3v) is 7.38. The summed E-state index contributed by atoms with van der Waals surface area (Å²) in [7, 11) is 0. The number of carbonyl (C=O) groups excluding carboxylic acids is 2. The summed E-state index contributed by atoms with van der Waals surface area (Å²) in [5.74, 6) is -1.14. The van der Waals surface area contributed by atoms with Gasteiger partial charge in [0.25, 0.3) is 5.91 Å². The summed E-state index contributed by atoms with van der Waals surface area (Å²) in [6.07, 6.45) is 8.80. The first kappa shape index (κ1) is 27.2. The first-order valence-corrected chi connectivity index (χ1v) is 13.7. The Labute approximate surface area is 233 Å². The average Bonchev–Trinajstić information content (AvgIpc) is 3.55. The Kier molecular flexibility index (Phi) is 7.73. The van der Waals surface area contributed by atoms with E-state index in [1.54, 1.807) is 6.20 Å². The zero-order chi connectivity index (χ0) is 28.4. The minimum atomic E-state index is -0.843. The van der Waals surface area contributed by atoms with Crippen molar-refractivity contribution in [1.29, 1.82) is 0 Å². The quantitative estimate of drug-likeness (QED) is 0.247. The molecule has 0 bridgehead atoms. The maximum atomic E-state index is 13.6. The molecule has 0 aliphatic heterocycles. The molecule has 0 radical (unpaired) electrons. The second-order valence-corrected chi connectivity index (χ2v) is 10.8. The number of carbonyl (C=O) groups is 3. The summed E-state index contributed by atoms with van der Waals surface area (Å²) < 4.78 is 3.75. The van der Waals surface area contributed by atoms with E-state index >= 15 is 0 Å². The maximum absolute atomic E-state index is 13.6. The lowest BCUT2D eigenvalue weighted by Crippen LogP contribution is -2.26. The average molecular weight is 542 g/mol. The number of aliphatic carboxylic acids is 1. The van der Waals surface area contributed by atoms with E-state index in [1.165, 1.54) is 0 Å². The molecule has 1 atom stereocenters. The Bertz CT molecular complexity index is 1580. The predicted molar refractivity (Wildman–Crippen MR) is 154 cm³/mol. The topological polar surface area (TPSA) is 118 Å². The molecule has 2 heterocycles. The number of hydrogen-bond acceptors (Lipinski definition) is 4. The van der Waals surface area contributed by atoms with Crippen LogP contribution in [0.15, 0.2) is 55.0 Å². The van der Waals surface area contributed by atoms with E-state index in [0.29, 0.717) is 30.6 Å². The van der Waals surface area contributed by atoms with Gasteiger partial charge >= 0.3 is 5.97 Å². The van der Waals surface area contributed by atoms with Crippen molar-refractivity contribution in [1.82, 2.24) is 19.7 Å². The highest BCUT2D eigenvalue weighted by Crippen LogP contribution is 2.28. The highest BCUT2D eigenvalue weighted by molar-refractivity contribution is 6.00. The van der Waals surface area contributed by atoms with Crippen molar-refractivity contribution in [2.45, 2.75) is 71.5 Å².